The molecule has 4 nitrogen and oxygen atoms in total. The van der Waals surface area contributed by atoms with E-state index in [1.807, 2.05) is 6.07 Å². The third kappa shape index (κ3) is 3.80. The lowest BCUT2D eigenvalue weighted by atomic mass is 10.1. The quantitative estimate of drug-likeness (QED) is 0.627. The van der Waals surface area contributed by atoms with Crippen LogP contribution in [-0.2, 0) is 6.18 Å². The molecule has 0 saturated carbocycles. The number of carbonyl (C=O) groups is 1. The van der Waals surface area contributed by atoms with Crippen LogP contribution in [0.1, 0.15) is 21.6 Å². The molecule has 3 aromatic rings. The summed E-state index contributed by atoms with van der Waals surface area (Å²) < 4.78 is 41.7. The third-order valence-corrected chi connectivity index (χ3v) is 4.10. The molecule has 1 aromatic heterocycles. The third-order valence-electron chi connectivity index (χ3n) is 3.60. The van der Waals surface area contributed by atoms with E-state index in [9.17, 15) is 18.0 Å². The van der Waals surface area contributed by atoms with Gasteiger partial charge in [-0.05, 0) is 37.3 Å². The molecule has 1 heterocycles. The Morgan fingerprint density at radius 1 is 1.12 bits per heavy atom. The summed E-state index contributed by atoms with van der Waals surface area (Å²) in [6, 6.07) is 13.4. The minimum atomic E-state index is -4.62. The normalized spacial score (nSPS) is 11.4. The van der Waals surface area contributed by atoms with E-state index in [2.05, 4.69) is 26.3 Å². The minimum Gasteiger partial charge on any atom is -0.306 e. The molecule has 2 aromatic carbocycles. The maximum absolute atomic E-state index is 13.1. The first-order valence-electron chi connectivity index (χ1n) is 7.56. The maximum atomic E-state index is 13.1. The van der Waals surface area contributed by atoms with Crippen molar-refractivity contribution in [2.24, 2.45) is 0 Å². The van der Waals surface area contributed by atoms with Crippen molar-refractivity contribution in [3.63, 3.8) is 0 Å². The number of nitrogens with one attached hydrogen (secondary N) is 1. The predicted molar refractivity (Wildman–Crippen MR) is 95.4 cm³/mol. The lowest BCUT2D eigenvalue weighted by Crippen LogP contribution is -2.20. The van der Waals surface area contributed by atoms with Crippen molar-refractivity contribution < 1.29 is 18.0 Å². The molecule has 0 saturated heterocycles. The van der Waals surface area contributed by atoms with Crippen LogP contribution < -0.4 is 5.32 Å². The summed E-state index contributed by atoms with van der Waals surface area (Å²) in [5, 5.41) is 6.82. The van der Waals surface area contributed by atoms with Gasteiger partial charge in [0.05, 0.1) is 22.5 Å². The highest BCUT2D eigenvalue weighted by Gasteiger charge is 2.35. The number of nitrogens with zero attached hydrogens (tertiary/aromatic N) is 2. The molecule has 1 amide bonds. The largest absolute Gasteiger partial charge is 0.417 e. The van der Waals surface area contributed by atoms with Gasteiger partial charge >= 0.3 is 6.18 Å². The summed E-state index contributed by atoms with van der Waals surface area (Å²) in [6.07, 6.45) is -4.62. The number of benzene rings is 2. The van der Waals surface area contributed by atoms with E-state index in [1.165, 1.54) is 16.8 Å². The second-order valence-electron chi connectivity index (χ2n) is 5.56. The highest BCUT2D eigenvalue weighted by molar-refractivity contribution is 9.10. The van der Waals surface area contributed by atoms with Crippen LogP contribution >= 0.6 is 15.9 Å². The molecule has 0 aliphatic heterocycles. The number of alkyl halides is 3. The number of aromatic nitrogens is 2. The number of hydrogen-bond acceptors (Lipinski definition) is 2. The van der Waals surface area contributed by atoms with Gasteiger partial charge in [0.25, 0.3) is 5.91 Å². The van der Waals surface area contributed by atoms with E-state index in [-0.39, 0.29) is 5.82 Å². The Morgan fingerprint density at radius 2 is 1.85 bits per heavy atom. The molecule has 8 heteroatoms. The number of aryl methyl sites for hydroxylation is 1. The number of rotatable bonds is 3. The second kappa shape index (κ2) is 6.95. The van der Waals surface area contributed by atoms with Crippen molar-refractivity contribution in [1.82, 2.24) is 9.78 Å². The van der Waals surface area contributed by atoms with Crippen LogP contribution in [0.15, 0.2) is 59.1 Å². The number of carbonyl (C=O) groups excluding carboxylic acids is 1. The van der Waals surface area contributed by atoms with E-state index < -0.39 is 23.2 Å². The van der Waals surface area contributed by atoms with Gasteiger partial charge in [-0.2, -0.15) is 18.3 Å². The summed E-state index contributed by atoms with van der Waals surface area (Å²) in [4.78, 5) is 12.5. The lowest BCUT2D eigenvalue weighted by Gasteiger charge is -2.13. The monoisotopic (exact) mass is 423 g/mol. The first-order chi connectivity index (χ1) is 12.3. The molecular weight excluding hydrogens is 411 g/mol. The average Bonchev–Trinajstić information content (AvgIpc) is 2.94. The molecule has 0 bridgehead atoms. The summed E-state index contributed by atoms with van der Waals surface area (Å²) in [5.74, 6) is -0.573. The van der Waals surface area contributed by atoms with Gasteiger partial charge in [-0.3, -0.25) is 4.79 Å². The van der Waals surface area contributed by atoms with Crippen molar-refractivity contribution >= 4 is 27.7 Å². The first-order valence-corrected chi connectivity index (χ1v) is 8.35. The molecule has 0 aliphatic carbocycles. The summed E-state index contributed by atoms with van der Waals surface area (Å²) >= 11 is 3.36. The second-order valence-corrected chi connectivity index (χ2v) is 6.48. The Morgan fingerprint density at radius 3 is 2.54 bits per heavy atom. The fourth-order valence-corrected chi connectivity index (χ4v) is 2.89. The number of halogens is 4. The standard InChI is InChI=1S/C18H13BrF3N3O/c1-11-9-16(25(24-11)13-6-4-5-12(19)10-13)23-17(26)14-7-2-3-8-15(14)18(20,21)22/h2-10H,1H3,(H,23,26). The van der Waals surface area contributed by atoms with E-state index in [0.717, 1.165) is 16.6 Å². The van der Waals surface area contributed by atoms with Crippen LogP contribution in [0.3, 0.4) is 0 Å². The molecule has 134 valence electrons. The van der Waals surface area contributed by atoms with Gasteiger partial charge in [0.2, 0.25) is 0 Å². The number of amides is 1. The van der Waals surface area contributed by atoms with Crippen LogP contribution in [0.5, 0.6) is 0 Å². The van der Waals surface area contributed by atoms with E-state index in [4.69, 9.17) is 0 Å². The Balaban J connectivity index is 1.97. The Labute approximate surface area is 155 Å². The van der Waals surface area contributed by atoms with Gasteiger partial charge in [-0.25, -0.2) is 4.68 Å². The zero-order valence-electron chi connectivity index (χ0n) is 13.5. The van der Waals surface area contributed by atoms with Gasteiger partial charge in [0, 0.05) is 10.5 Å². The molecule has 0 aliphatic rings. The molecule has 0 unspecified atom stereocenters. The van der Waals surface area contributed by atoms with Crippen molar-refractivity contribution in [2.75, 3.05) is 5.32 Å². The van der Waals surface area contributed by atoms with Crippen molar-refractivity contribution in [2.45, 2.75) is 13.1 Å². The Kier molecular flexibility index (Phi) is 4.86. The fraction of sp³-hybridized carbons (Fsp3) is 0.111. The van der Waals surface area contributed by atoms with Crippen LogP contribution in [0.25, 0.3) is 5.69 Å². The van der Waals surface area contributed by atoms with Crippen LogP contribution in [0.4, 0.5) is 19.0 Å². The van der Waals surface area contributed by atoms with Crippen molar-refractivity contribution in [3.05, 3.63) is 75.9 Å². The Bertz CT molecular complexity index is 966. The van der Waals surface area contributed by atoms with E-state index >= 15 is 0 Å². The summed E-state index contributed by atoms with van der Waals surface area (Å²) in [7, 11) is 0. The van der Waals surface area contributed by atoms with Gasteiger partial charge in [-0.15, -0.1) is 0 Å². The summed E-state index contributed by atoms with van der Waals surface area (Å²) in [6.45, 7) is 1.73. The average molecular weight is 424 g/mol. The topological polar surface area (TPSA) is 46.9 Å². The molecule has 0 atom stereocenters. The van der Waals surface area contributed by atoms with Crippen LogP contribution in [0, 0.1) is 6.92 Å². The molecule has 0 radical (unpaired) electrons. The highest BCUT2D eigenvalue weighted by atomic mass is 79.9. The molecule has 3 rings (SSSR count). The smallest absolute Gasteiger partial charge is 0.306 e. The fourth-order valence-electron chi connectivity index (χ4n) is 2.51. The SMILES string of the molecule is Cc1cc(NC(=O)c2ccccc2C(F)(F)F)n(-c2cccc(Br)c2)n1. The van der Waals surface area contributed by atoms with Crippen molar-refractivity contribution in [1.29, 1.82) is 0 Å². The molecule has 0 fully saturated rings. The van der Waals surface area contributed by atoms with Crippen LogP contribution in [0.2, 0.25) is 0 Å². The van der Waals surface area contributed by atoms with Crippen molar-refractivity contribution in [3.8, 4) is 5.69 Å². The number of hydrogen-bond donors (Lipinski definition) is 1. The van der Waals surface area contributed by atoms with E-state index in [1.54, 1.807) is 31.2 Å². The van der Waals surface area contributed by atoms with E-state index in [0.29, 0.717) is 11.4 Å². The number of anilines is 1. The lowest BCUT2D eigenvalue weighted by molar-refractivity contribution is -0.137. The maximum Gasteiger partial charge on any atom is 0.417 e. The first kappa shape index (κ1) is 18.2. The van der Waals surface area contributed by atoms with Gasteiger partial charge in [0.15, 0.2) is 0 Å². The van der Waals surface area contributed by atoms with Gasteiger partial charge in [-0.1, -0.05) is 34.1 Å². The zero-order chi connectivity index (χ0) is 18.9. The molecule has 0 spiro atoms. The zero-order valence-corrected chi connectivity index (χ0v) is 15.1. The minimum absolute atomic E-state index is 0.280. The highest BCUT2D eigenvalue weighted by Crippen LogP contribution is 2.32. The predicted octanol–water partition coefficient (Wildman–Crippen LogP) is 5.21. The molecule has 26 heavy (non-hydrogen) atoms. The molecule has 1 N–H and O–H groups in total. The summed E-state index contributed by atoms with van der Waals surface area (Å²) in [5.41, 5.74) is -0.154. The van der Waals surface area contributed by atoms with Gasteiger partial charge in [0.1, 0.15) is 5.82 Å². The Hall–Kier alpha value is -2.61. The van der Waals surface area contributed by atoms with Gasteiger partial charge < -0.3 is 5.32 Å². The molecular formula is C18H13BrF3N3O. The van der Waals surface area contributed by atoms with Crippen LogP contribution in [-0.4, -0.2) is 15.7 Å².